The highest BCUT2D eigenvalue weighted by Gasteiger charge is 2.23. The minimum absolute atomic E-state index is 0.0809. The van der Waals surface area contributed by atoms with Crippen LogP contribution in [0.1, 0.15) is 16.8 Å². The second kappa shape index (κ2) is 8.53. The summed E-state index contributed by atoms with van der Waals surface area (Å²) >= 11 is 1.48. The molecule has 6 nitrogen and oxygen atoms in total. The summed E-state index contributed by atoms with van der Waals surface area (Å²) in [5.74, 6) is -2.06. The van der Waals surface area contributed by atoms with E-state index in [0.29, 0.717) is 30.1 Å². The van der Waals surface area contributed by atoms with Gasteiger partial charge < -0.3 is 10.4 Å². The number of nitro benzene ring substituents is 1. The number of hydrogen-bond donors (Lipinski definition) is 2. The molecule has 0 aliphatic rings. The van der Waals surface area contributed by atoms with Gasteiger partial charge in [-0.15, -0.1) is 0 Å². The molecule has 0 fully saturated rings. The maximum Gasteiger partial charge on any atom is 0.308 e. The zero-order valence-corrected chi connectivity index (χ0v) is 11.8. The van der Waals surface area contributed by atoms with E-state index < -0.39 is 33.7 Å². The maximum atomic E-state index is 13.7. The average Bonchev–Trinajstić information content (AvgIpc) is 2.44. The molecule has 0 heterocycles. The van der Waals surface area contributed by atoms with E-state index in [-0.39, 0.29) is 13.2 Å². The number of rotatable bonds is 8. The molecular formula is C12H14F2N2O4S. The zero-order chi connectivity index (χ0) is 15.8. The summed E-state index contributed by atoms with van der Waals surface area (Å²) in [6.07, 6.45) is 0.628. The van der Waals surface area contributed by atoms with Gasteiger partial charge in [-0.3, -0.25) is 14.9 Å². The third kappa shape index (κ3) is 5.27. The summed E-state index contributed by atoms with van der Waals surface area (Å²) in [4.78, 5) is 21.2. The van der Waals surface area contributed by atoms with Crippen molar-refractivity contribution in [3.63, 3.8) is 0 Å². The number of amides is 1. The van der Waals surface area contributed by atoms with Gasteiger partial charge in [-0.25, -0.2) is 4.39 Å². The van der Waals surface area contributed by atoms with Gasteiger partial charge in [-0.1, -0.05) is 0 Å². The van der Waals surface area contributed by atoms with Crippen LogP contribution in [0.4, 0.5) is 14.5 Å². The van der Waals surface area contributed by atoms with E-state index in [1.54, 1.807) is 0 Å². The topological polar surface area (TPSA) is 92.5 Å². The molecule has 116 valence electrons. The fourth-order valence-corrected chi connectivity index (χ4v) is 2.26. The number of nitro groups is 1. The number of nitrogens with one attached hydrogen (secondary N) is 1. The van der Waals surface area contributed by atoms with Gasteiger partial charge in [0.1, 0.15) is 5.82 Å². The Morgan fingerprint density at radius 2 is 2.10 bits per heavy atom. The van der Waals surface area contributed by atoms with Crippen LogP contribution in [0.25, 0.3) is 0 Å². The van der Waals surface area contributed by atoms with Crippen molar-refractivity contribution in [1.82, 2.24) is 5.32 Å². The van der Waals surface area contributed by atoms with Crippen molar-refractivity contribution in [2.24, 2.45) is 0 Å². The van der Waals surface area contributed by atoms with Crippen LogP contribution in [0, 0.1) is 21.7 Å². The van der Waals surface area contributed by atoms with E-state index in [9.17, 15) is 23.7 Å². The molecule has 0 unspecified atom stereocenters. The molecule has 9 heteroatoms. The highest BCUT2D eigenvalue weighted by Crippen LogP contribution is 2.22. The SMILES string of the molecule is O=C(NCCSCCCO)c1cc(F)cc([N+](=O)[O-])c1F. The summed E-state index contributed by atoms with van der Waals surface area (Å²) < 4.78 is 26.9. The lowest BCUT2D eigenvalue weighted by Crippen LogP contribution is -2.27. The maximum absolute atomic E-state index is 13.7. The smallest absolute Gasteiger partial charge is 0.308 e. The Balaban J connectivity index is 2.64. The first-order chi connectivity index (χ1) is 9.97. The lowest BCUT2D eigenvalue weighted by Gasteiger charge is -2.06. The molecule has 0 aliphatic heterocycles. The normalized spacial score (nSPS) is 10.4. The van der Waals surface area contributed by atoms with Crippen molar-refractivity contribution < 1.29 is 23.6 Å². The van der Waals surface area contributed by atoms with Crippen molar-refractivity contribution in [3.8, 4) is 0 Å². The second-order valence-corrected chi connectivity index (χ2v) is 5.21. The van der Waals surface area contributed by atoms with Gasteiger partial charge in [0.25, 0.3) is 5.91 Å². The summed E-state index contributed by atoms with van der Waals surface area (Å²) in [7, 11) is 0. The van der Waals surface area contributed by atoms with Crippen LogP contribution in [-0.2, 0) is 0 Å². The number of thioether (sulfide) groups is 1. The molecule has 0 aliphatic carbocycles. The Morgan fingerprint density at radius 3 is 2.71 bits per heavy atom. The van der Waals surface area contributed by atoms with Crippen LogP contribution < -0.4 is 5.32 Å². The van der Waals surface area contributed by atoms with E-state index >= 15 is 0 Å². The number of halogens is 2. The first-order valence-electron chi connectivity index (χ1n) is 6.07. The van der Waals surface area contributed by atoms with Crippen molar-refractivity contribution >= 4 is 23.4 Å². The molecule has 1 aromatic rings. The molecular weight excluding hydrogens is 306 g/mol. The molecule has 0 saturated carbocycles. The monoisotopic (exact) mass is 320 g/mol. The number of benzene rings is 1. The van der Waals surface area contributed by atoms with Gasteiger partial charge in [-0.2, -0.15) is 16.2 Å². The molecule has 0 radical (unpaired) electrons. The third-order valence-corrected chi connectivity index (χ3v) is 3.51. The Labute approximate surface area is 123 Å². The lowest BCUT2D eigenvalue weighted by atomic mass is 10.1. The van der Waals surface area contributed by atoms with Crippen LogP contribution in [0.3, 0.4) is 0 Å². The predicted octanol–water partition coefficient (Wildman–Crippen LogP) is 1.72. The largest absolute Gasteiger partial charge is 0.396 e. The van der Waals surface area contributed by atoms with Crippen LogP contribution in [-0.4, -0.2) is 40.6 Å². The van der Waals surface area contributed by atoms with E-state index in [4.69, 9.17) is 5.11 Å². The number of carbonyl (C=O) groups excluding carboxylic acids is 1. The number of hydrogen-bond acceptors (Lipinski definition) is 5. The number of aliphatic hydroxyl groups excluding tert-OH is 1. The van der Waals surface area contributed by atoms with Crippen LogP contribution in [0.5, 0.6) is 0 Å². The Hall–Kier alpha value is -1.74. The lowest BCUT2D eigenvalue weighted by molar-refractivity contribution is -0.387. The summed E-state index contributed by atoms with van der Waals surface area (Å²) in [6, 6.07) is 1.05. The van der Waals surface area contributed by atoms with Crippen molar-refractivity contribution in [1.29, 1.82) is 0 Å². The third-order valence-electron chi connectivity index (χ3n) is 2.44. The summed E-state index contributed by atoms with van der Waals surface area (Å²) in [5, 5.41) is 21.5. The molecule has 1 rings (SSSR count). The minimum Gasteiger partial charge on any atom is -0.396 e. The second-order valence-electron chi connectivity index (χ2n) is 3.99. The first kappa shape index (κ1) is 17.3. The fourth-order valence-electron chi connectivity index (χ4n) is 1.47. The molecule has 21 heavy (non-hydrogen) atoms. The van der Waals surface area contributed by atoms with E-state index in [2.05, 4.69) is 5.32 Å². The van der Waals surface area contributed by atoms with Crippen LogP contribution in [0.2, 0.25) is 0 Å². The summed E-state index contributed by atoms with van der Waals surface area (Å²) in [6.45, 7) is 0.288. The quantitative estimate of drug-likeness (QED) is 0.432. The Bertz CT molecular complexity index is 528. The number of aliphatic hydroxyl groups is 1. The number of nitrogens with zero attached hydrogens (tertiary/aromatic N) is 1. The zero-order valence-electron chi connectivity index (χ0n) is 11.0. The Kier molecular flexibility index (Phi) is 7.03. The highest BCUT2D eigenvalue weighted by molar-refractivity contribution is 7.99. The van der Waals surface area contributed by atoms with E-state index in [0.717, 1.165) is 0 Å². The molecule has 0 bridgehead atoms. The van der Waals surface area contributed by atoms with Gasteiger partial charge >= 0.3 is 5.69 Å². The van der Waals surface area contributed by atoms with Crippen molar-refractivity contribution in [3.05, 3.63) is 39.4 Å². The summed E-state index contributed by atoms with van der Waals surface area (Å²) in [5.41, 5.74) is -1.76. The molecule has 1 aromatic carbocycles. The van der Waals surface area contributed by atoms with Crippen LogP contribution in [0.15, 0.2) is 12.1 Å². The van der Waals surface area contributed by atoms with Gasteiger partial charge in [0, 0.05) is 18.9 Å². The van der Waals surface area contributed by atoms with E-state index in [1.165, 1.54) is 11.8 Å². The van der Waals surface area contributed by atoms with Gasteiger partial charge in [0.2, 0.25) is 5.82 Å². The average molecular weight is 320 g/mol. The molecule has 0 aromatic heterocycles. The number of carbonyl (C=O) groups is 1. The molecule has 0 saturated heterocycles. The molecule has 0 spiro atoms. The predicted molar refractivity (Wildman–Crippen MR) is 74.4 cm³/mol. The molecule has 1 amide bonds. The van der Waals surface area contributed by atoms with Crippen molar-refractivity contribution in [2.45, 2.75) is 6.42 Å². The minimum atomic E-state index is -1.35. The Morgan fingerprint density at radius 1 is 1.38 bits per heavy atom. The molecule has 0 atom stereocenters. The van der Waals surface area contributed by atoms with Gasteiger partial charge in [-0.05, 0) is 18.2 Å². The molecule has 2 N–H and O–H groups in total. The fraction of sp³-hybridized carbons (Fsp3) is 0.417. The van der Waals surface area contributed by atoms with Gasteiger partial charge in [0.05, 0.1) is 16.6 Å². The van der Waals surface area contributed by atoms with Crippen LogP contribution >= 0.6 is 11.8 Å². The van der Waals surface area contributed by atoms with Gasteiger partial charge in [0.15, 0.2) is 0 Å². The highest BCUT2D eigenvalue weighted by atomic mass is 32.2. The standard InChI is InChI=1S/C12H14F2N2O4S/c13-8-6-9(11(14)10(7-8)16(19)20)12(18)15-2-5-21-4-1-3-17/h6-7,17H,1-5H2,(H,15,18). The first-order valence-corrected chi connectivity index (χ1v) is 7.23. The van der Waals surface area contributed by atoms with E-state index in [1.807, 2.05) is 0 Å². The van der Waals surface area contributed by atoms with Crippen molar-refractivity contribution in [2.75, 3.05) is 24.7 Å².